The van der Waals surface area contributed by atoms with E-state index in [9.17, 15) is 5.11 Å². The molecule has 19 heavy (non-hydrogen) atoms. The Morgan fingerprint density at radius 2 is 2.11 bits per heavy atom. The van der Waals surface area contributed by atoms with E-state index in [1.54, 1.807) is 6.07 Å². The minimum absolute atomic E-state index is 0.0417. The predicted octanol–water partition coefficient (Wildman–Crippen LogP) is 2.25. The number of phenolic OH excluding ortho intramolecular Hbond substituents is 1. The van der Waals surface area contributed by atoms with Gasteiger partial charge in [0.05, 0.1) is 12.8 Å². The number of hydrogen-bond acceptors (Lipinski definition) is 4. The van der Waals surface area contributed by atoms with E-state index >= 15 is 0 Å². The van der Waals surface area contributed by atoms with Crippen LogP contribution in [0.4, 0.5) is 5.69 Å². The van der Waals surface area contributed by atoms with E-state index in [0.29, 0.717) is 11.4 Å². The lowest BCUT2D eigenvalue weighted by Crippen LogP contribution is -2.00. The van der Waals surface area contributed by atoms with Crippen molar-refractivity contribution in [3.8, 4) is 22.9 Å². The molecule has 1 aromatic heterocycles. The molecule has 0 aliphatic heterocycles. The Morgan fingerprint density at radius 1 is 1.32 bits per heavy atom. The second kappa shape index (κ2) is 4.50. The number of hydrogen-bond donors (Lipinski definition) is 3. The summed E-state index contributed by atoms with van der Waals surface area (Å²) in [4.78, 5) is 7.95. The van der Waals surface area contributed by atoms with Gasteiger partial charge in [-0.05, 0) is 31.7 Å². The Bertz CT molecular complexity index is 596. The molecule has 0 unspecified atom stereocenters. The molecule has 0 fully saturated rings. The van der Waals surface area contributed by atoms with Gasteiger partial charge in [0.25, 0.3) is 0 Å². The van der Waals surface area contributed by atoms with Crippen LogP contribution >= 0.6 is 0 Å². The van der Waals surface area contributed by atoms with E-state index in [1.165, 1.54) is 31.7 Å². The zero-order valence-corrected chi connectivity index (χ0v) is 10.9. The number of anilines is 1. The normalized spacial score (nSPS) is 14.2. The highest BCUT2D eigenvalue weighted by Crippen LogP contribution is 2.36. The van der Waals surface area contributed by atoms with Gasteiger partial charge < -0.3 is 20.6 Å². The topological polar surface area (TPSA) is 84.2 Å². The van der Waals surface area contributed by atoms with Crippen LogP contribution in [0.15, 0.2) is 12.1 Å². The number of nitrogens with two attached hydrogens (primary N) is 1. The van der Waals surface area contributed by atoms with Crippen molar-refractivity contribution in [2.75, 3.05) is 12.8 Å². The first-order valence-corrected chi connectivity index (χ1v) is 6.43. The zero-order valence-electron chi connectivity index (χ0n) is 10.9. The van der Waals surface area contributed by atoms with Crippen LogP contribution in [0.3, 0.4) is 0 Å². The van der Waals surface area contributed by atoms with Crippen molar-refractivity contribution in [3.05, 3.63) is 23.5 Å². The molecular formula is C14H17N3O2. The molecule has 0 saturated heterocycles. The number of ether oxygens (including phenoxy) is 1. The van der Waals surface area contributed by atoms with Gasteiger partial charge >= 0.3 is 0 Å². The fraction of sp³-hybridized carbons (Fsp3) is 0.357. The van der Waals surface area contributed by atoms with Gasteiger partial charge in [0, 0.05) is 23.0 Å². The molecule has 0 atom stereocenters. The lowest BCUT2D eigenvalue weighted by molar-refractivity contribution is 0.374. The lowest BCUT2D eigenvalue weighted by atomic mass is 10.0. The summed E-state index contributed by atoms with van der Waals surface area (Å²) >= 11 is 0. The average molecular weight is 259 g/mol. The first-order valence-electron chi connectivity index (χ1n) is 6.43. The number of rotatable bonds is 2. The zero-order chi connectivity index (χ0) is 13.4. The first kappa shape index (κ1) is 11.9. The molecule has 5 heteroatoms. The Kier molecular flexibility index (Phi) is 2.81. The number of aromatic nitrogens is 2. The van der Waals surface area contributed by atoms with Crippen molar-refractivity contribution in [2.45, 2.75) is 25.7 Å². The maximum Gasteiger partial charge on any atom is 0.161 e. The molecule has 0 saturated carbocycles. The van der Waals surface area contributed by atoms with Crippen LogP contribution in [-0.4, -0.2) is 22.2 Å². The number of nitrogens with one attached hydrogen (secondary N) is 1. The number of aryl methyl sites for hydroxylation is 2. The van der Waals surface area contributed by atoms with Crippen molar-refractivity contribution < 1.29 is 9.84 Å². The Labute approximate surface area is 111 Å². The van der Waals surface area contributed by atoms with Crippen molar-refractivity contribution >= 4 is 5.69 Å². The van der Waals surface area contributed by atoms with Crippen LogP contribution in [0, 0.1) is 0 Å². The highest BCUT2D eigenvalue weighted by atomic mass is 16.5. The quantitative estimate of drug-likeness (QED) is 0.722. The van der Waals surface area contributed by atoms with Gasteiger partial charge in [-0.25, -0.2) is 4.98 Å². The number of fused-ring (bicyclic) bond motifs is 1. The van der Waals surface area contributed by atoms with Crippen molar-refractivity contribution in [2.24, 2.45) is 0 Å². The number of methoxy groups -OCH3 is 1. The molecule has 1 heterocycles. The lowest BCUT2D eigenvalue weighted by Gasteiger charge is -2.08. The molecule has 0 amide bonds. The van der Waals surface area contributed by atoms with Crippen LogP contribution in [0.5, 0.6) is 11.5 Å². The van der Waals surface area contributed by atoms with E-state index in [0.717, 1.165) is 29.9 Å². The van der Waals surface area contributed by atoms with Gasteiger partial charge in [-0.3, -0.25) is 0 Å². The standard InChI is InChI=1S/C14H17N3O2/c1-19-13-6-8(9(15)7-12(13)18)14-16-10-4-2-3-5-11(10)17-14/h6-7,18H,2-5,15H2,1H3,(H,16,17). The predicted molar refractivity (Wildman–Crippen MR) is 73.3 cm³/mol. The molecule has 0 bridgehead atoms. The summed E-state index contributed by atoms with van der Waals surface area (Å²) in [6.45, 7) is 0. The number of phenols is 1. The smallest absolute Gasteiger partial charge is 0.161 e. The first-order chi connectivity index (χ1) is 9.19. The van der Waals surface area contributed by atoms with Gasteiger partial charge in [0.2, 0.25) is 0 Å². The molecule has 1 aliphatic rings. The summed E-state index contributed by atoms with van der Waals surface area (Å²) in [6.07, 6.45) is 4.44. The molecule has 4 N–H and O–H groups in total. The Balaban J connectivity index is 2.08. The maximum absolute atomic E-state index is 9.69. The number of nitrogens with zero attached hydrogens (tertiary/aromatic N) is 1. The van der Waals surface area contributed by atoms with E-state index in [4.69, 9.17) is 10.5 Å². The maximum atomic E-state index is 9.69. The largest absolute Gasteiger partial charge is 0.504 e. The molecule has 1 aliphatic carbocycles. The molecule has 1 aromatic carbocycles. The fourth-order valence-electron chi connectivity index (χ4n) is 2.53. The van der Waals surface area contributed by atoms with Crippen LogP contribution in [0.25, 0.3) is 11.4 Å². The molecular weight excluding hydrogens is 242 g/mol. The summed E-state index contributed by atoms with van der Waals surface area (Å²) in [5.41, 5.74) is 9.55. The number of benzene rings is 1. The SMILES string of the molecule is COc1cc(-c2nc3c([nH]2)CCCC3)c(N)cc1O. The second-order valence-electron chi connectivity index (χ2n) is 4.83. The minimum atomic E-state index is 0.0417. The van der Waals surface area contributed by atoms with Gasteiger partial charge in [-0.1, -0.05) is 0 Å². The van der Waals surface area contributed by atoms with E-state index < -0.39 is 0 Å². The molecule has 2 aromatic rings. The monoisotopic (exact) mass is 259 g/mol. The number of H-pyrrole nitrogens is 1. The van der Waals surface area contributed by atoms with E-state index in [-0.39, 0.29) is 5.75 Å². The molecule has 3 rings (SSSR count). The van der Waals surface area contributed by atoms with Crippen molar-refractivity contribution in [1.82, 2.24) is 9.97 Å². The molecule has 100 valence electrons. The van der Waals surface area contributed by atoms with Crippen LogP contribution in [0.2, 0.25) is 0 Å². The highest BCUT2D eigenvalue weighted by Gasteiger charge is 2.17. The van der Waals surface area contributed by atoms with Crippen molar-refractivity contribution in [1.29, 1.82) is 0 Å². The summed E-state index contributed by atoms with van der Waals surface area (Å²) in [6, 6.07) is 3.21. The molecule has 0 radical (unpaired) electrons. The second-order valence-corrected chi connectivity index (χ2v) is 4.83. The van der Waals surface area contributed by atoms with Crippen molar-refractivity contribution in [3.63, 3.8) is 0 Å². The third-order valence-corrected chi connectivity index (χ3v) is 3.56. The number of imidazole rings is 1. The number of aromatic hydroxyl groups is 1. The summed E-state index contributed by atoms with van der Waals surface area (Å²) in [5, 5.41) is 9.69. The fourth-order valence-corrected chi connectivity index (χ4v) is 2.53. The van der Waals surface area contributed by atoms with Crippen LogP contribution in [-0.2, 0) is 12.8 Å². The Hall–Kier alpha value is -2.17. The number of aromatic amines is 1. The summed E-state index contributed by atoms with van der Waals surface area (Å²) < 4.78 is 5.12. The van der Waals surface area contributed by atoms with Gasteiger partial charge in [-0.2, -0.15) is 0 Å². The average Bonchev–Trinajstić information content (AvgIpc) is 2.82. The van der Waals surface area contributed by atoms with Gasteiger partial charge in [0.15, 0.2) is 11.5 Å². The number of nitrogen functional groups attached to an aromatic ring is 1. The van der Waals surface area contributed by atoms with Gasteiger partial charge in [0.1, 0.15) is 5.82 Å². The summed E-state index contributed by atoms with van der Waals surface area (Å²) in [7, 11) is 1.52. The van der Waals surface area contributed by atoms with Gasteiger partial charge in [-0.15, -0.1) is 0 Å². The molecule has 0 spiro atoms. The third-order valence-electron chi connectivity index (χ3n) is 3.56. The third kappa shape index (κ3) is 2.01. The van der Waals surface area contributed by atoms with Crippen LogP contribution in [0.1, 0.15) is 24.2 Å². The van der Waals surface area contributed by atoms with E-state index in [1.807, 2.05) is 0 Å². The van der Waals surface area contributed by atoms with E-state index in [2.05, 4.69) is 9.97 Å². The Morgan fingerprint density at radius 3 is 2.84 bits per heavy atom. The van der Waals surface area contributed by atoms with Crippen LogP contribution < -0.4 is 10.5 Å². The molecule has 5 nitrogen and oxygen atoms in total. The highest BCUT2D eigenvalue weighted by molar-refractivity contribution is 5.76. The minimum Gasteiger partial charge on any atom is -0.504 e. The summed E-state index contributed by atoms with van der Waals surface area (Å²) in [5.74, 6) is 1.20.